The number of aryl methyl sites for hydroxylation is 1. The number of para-hydroxylation sites is 2. The third-order valence-corrected chi connectivity index (χ3v) is 8.04. The number of anilines is 1. The minimum atomic E-state index is -0.00443. The van der Waals surface area contributed by atoms with Gasteiger partial charge in [0.1, 0.15) is 5.75 Å². The molecule has 4 atom stereocenters. The van der Waals surface area contributed by atoms with Crippen molar-refractivity contribution in [2.45, 2.75) is 43.6 Å². The van der Waals surface area contributed by atoms with Crippen molar-refractivity contribution in [3.8, 4) is 5.75 Å². The predicted molar refractivity (Wildman–Crippen MR) is 127 cm³/mol. The van der Waals surface area contributed by atoms with Crippen LogP contribution in [0.5, 0.6) is 5.75 Å². The Hall–Kier alpha value is -1.97. The molecule has 0 saturated heterocycles. The van der Waals surface area contributed by atoms with Crippen molar-refractivity contribution >= 4 is 17.3 Å². The second-order valence-corrected chi connectivity index (χ2v) is 9.95. The van der Waals surface area contributed by atoms with Crippen LogP contribution in [-0.2, 0) is 16.6 Å². The van der Waals surface area contributed by atoms with Crippen LogP contribution in [0.2, 0.25) is 5.02 Å². The van der Waals surface area contributed by atoms with E-state index in [0.29, 0.717) is 11.8 Å². The van der Waals surface area contributed by atoms with Gasteiger partial charge in [-0.25, -0.2) is 0 Å². The summed E-state index contributed by atoms with van der Waals surface area (Å²) in [7, 11) is 1.80. The second-order valence-electron chi connectivity index (χ2n) is 9.51. The number of hydrogen-bond donors (Lipinski definition) is 0. The Bertz CT molecular complexity index is 960. The van der Waals surface area contributed by atoms with Gasteiger partial charge in [-0.15, -0.1) is 6.58 Å². The van der Waals surface area contributed by atoms with Crippen molar-refractivity contribution in [3.05, 3.63) is 71.3 Å². The molecule has 5 rings (SSSR count). The molecule has 0 bridgehead atoms. The van der Waals surface area contributed by atoms with E-state index in [9.17, 15) is 0 Å². The van der Waals surface area contributed by atoms with Crippen molar-refractivity contribution in [1.82, 2.24) is 0 Å². The lowest BCUT2D eigenvalue weighted by atomic mass is 9.68. The first-order valence-electron chi connectivity index (χ1n) is 11.5. The predicted octanol–water partition coefficient (Wildman–Crippen LogP) is 6.04. The Morgan fingerprint density at radius 3 is 2.94 bits per heavy atom. The molecule has 1 spiro atoms. The van der Waals surface area contributed by atoms with Crippen LogP contribution in [0.25, 0.3) is 0 Å². The van der Waals surface area contributed by atoms with Gasteiger partial charge in [-0.1, -0.05) is 35.9 Å². The van der Waals surface area contributed by atoms with Gasteiger partial charge in [0.25, 0.3) is 0 Å². The van der Waals surface area contributed by atoms with Crippen molar-refractivity contribution in [3.63, 3.8) is 0 Å². The van der Waals surface area contributed by atoms with E-state index >= 15 is 0 Å². The number of fused-ring (bicyclic) bond motifs is 3. The van der Waals surface area contributed by atoms with E-state index in [1.165, 1.54) is 36.1 Å². The molecule has 1 fully saturated rings. The number of hydrogen-bond acceptors (Lipinski definition) is 3. The number of ether oxygens (including phenoxy) is 2. The minimum absolute atomic E-state index is 0.00443. The molecule has 2 aliphatic carbocycles. The first-order valence-corrected chi connectivity index (χ1v) is 11.9. The van der Waals surface area contributed by atoms with Crippen LogP contribution < -0.4 is 9.64 Å². The summed E-state index contributed by atoms with van der Waals surface area (Å²) in [6.45, 7) is 6.73. The molecule has 4 heteroatoms. The Morgan fingerprint density at radius 2 is 2.16 bits per heavy atom. The third kappa shape index (κ3) is 3.76. The molecule has 3 nitrogen and oxygen atoms in total. The number of benzene rings is 2. The lowest BCUT2D eigenvalue weighted by Crippen LogP contribution is -2.49. The van der Waals surface area contributed by atoms with Gasteiger partial charge in [0, 0.05) is 30.6 Å². The fourth-order valence-electron chi connectivity index (χ4n) is 6.05. The Kier molecular flexibility index (Phi) is 5.75. The summed E-state index contributed by atoms with van der Waals surface area (Å²) in [6, 6.07) is 15.0. The van der Waals surface area contributed by atoms with E-state index in [2.05, 4.69) is 47.9 Å². The standard InChI is InChI=1S/C27H32ClNO2/c1-3-25(30-2)22-12-10-20(22)16-29-17-27(18-31-26-9-5-4-8-24(26)29)14-6-7-19-15-21(28)11-13-23(19)27/h3-5,8-9,11,13,15,20,22,25H,1,6-7,10,12,14,16-18H2,2H3/t20-,22+,25-,27-/m0/s1. The largest absolute Gasteiger partial charge is 0.490 e. The molecule has 1 heterocycles. The molecular formula is C27H32ClNO2. The molecule has 0 radical (unpaired) electrons. The highest BCUT2D eigenvalue weighted by Gasteiger charge is 2.44. The molecule has 2 aromatic rings. The van der Waals surface area contributed by atoms with E-state index in [1.54, 1.807) is 7.11 Å². The molecule has 164 valence electrons. The van der Waals surface area contributed by atoms with Gasteiger partial charge in [-0.3, -0.25) is 0 Å². The van der Waals surface area contributed by atoms with Crippen molar-refractivity contribution in [1.29, 1.82) is 0 Å². The summed E-state index contributed by atoms with van der Waals surface area (Å²) in [5.74, 6) is 2.16. The van der Waals surface area contributed by atoms with E-state index in [0.717, 1.165) is 43.3 Å². The summed E-state index contributed by atoms with van der Waals surface area (Å²) < 4.78 is 12.2. The molecule has 31 heavy (non-hydrogen) atoms. The summed E-state index contributed by atoms with van der Waals surface area (Å²) in [5.41, 5.74) is 4.03. The van der Waals surface area contributed by atoms with Gasteiger partial charge in [-0.05, 0) is 79.3 Å². The summed E-state index contributed by atoms with van der Waals surface area (Å²) in [6.07, 6.45) is 8.00. The van der Waals surface area contributed by atoms with Crippen molar-refractivity contribution in [2.75, 3.05) is 31.7 Å². The fourth-order valence-corrected chi connectivity index (χ4v) is 6.25. The van der Waals surface area contributed by atoms with Crippen LogP contribution in [0.4, 0.5) is 5.69 Å². The van der Waals surface area contributed by atoms with Gasteiger partial charge in [-0.2, -0.15) is 0 Å². The number of nitrogens with zero attached hydrogens (tertiary/aromatic N) is 1. The third-order valence-electron chi connectivity index (χ3n) is 7.80. The first kappa shape index (κ1) is 20.9. The molecule has 3 aliphatic rings. The molecule has 0 N–H and O–H groups in total. The van der Waals surface area contributed by atoms with E-state index < -0.39 is 0 Å². The highest BCUT2D eigenvalue weighted by molar-refractivity contribution is 6.30. The molecule has 1 saturated carbocycles. The fraction of sp³-hybridized carbons (Fsp3) is 0.481. The van der Waals surface area contributed by atoms with Gasteiger partial charge < -0.3 is 14.4 Å². The highest BCUT2D eigenvalue weighted by atomic mass is 35.5. The smallest absolute Gasteiger partial charge is 0.142 e. The van der Waals surface area contributed by atoms with Crippen LogP contribution in [0.3, 0.4) is 0 Å². The summed E-state index contributed by atoms with van der Waals surface area (Å²) in [5, 5.41) is 0.831. The topological polar surface area (TPSA) is 21.7 Å². The zero-order valence-electron chi connectivity index (χ0n) is 18.4. The lowest BCUT2D eigenvalue weighted by molar-refractivity contribution is 0.0135. The lowest BCUT2D eigenvalue weighted by Gasteiger charge is -2.45. The Labute approximate surface area is 191 Å². The zero-order chi connectivity index (χ0) is 21.4. The average Bonchev–Trinajstić information content (AvgIpc) is 2.92. The van der Waals surface area contributed by atoms with Crippen LogP contribution in [0.1, 0.15) is 36.8 Å². The van der Waals surface area contributed by atoms with Crippen LogP contribution in [0.15, 0.2) is 55.1 Å². The molecule has 1 aliphatic heterocycles. The van der Waals surface area contributed by atoms with Gasteiger partial charge in [0.2, 0.25) is 0 Å². The molecule has 0 aromatic heterocycles. The maximum absolute atomic E-state index is 6.49. The minimum Gasteiger partial charge on any atom is -0.490 e. The van der Waals surface area contributed by atoms with E-state index in [1.807, 2.05) is 12.1 Å². The average molecular weight is 438 g/mol. The van der Waals surface area contributed by atoms with Gasteiger partial charge in [0.05, 0.1) is 18.4 Å². The number of methoxy groups -OCH3 is 1. The monoisotopic (exact) mass is 437 g/mol. The maximum Gasteiger partial charge on any atom is 0.142 e. The van der Waals surface area contributed by atoms with Crippen LogP contribution in [0, 0.1) is 11.8 Å². The van der Waals surface area contributed by atoms with Crippen LogP contribution >= 0.6 is 11.6 Å². The second kappa shape index (κ2) is 8.52. The van der Waals surface area contributed by atoms with Gasteiger partial charge >= 0.3 is 0 Å². The Balaban J connectivity index is 1.49. The quantitative estimate of drug-likeness (QED) is 0.532. The molecule has 0 unspecified atom stereocenters. The van der Waals surface area contributed by atoms with Crippen LogP contribution in [-0.4, -0.2) is 32.9 Å². The zero-order valence-corrected chi connectivity index (χ0v) is 19.1. The first-order chi connectivity index (χ1) is 15.1. The SMILES string of the molecule is C=C[C@H](OC)[C@@H]1CC[C@H]1CN1C[C@@]2(CCCc3cc(Cl)ccc32)COc2ccccc21. The van der Waals surface area contributed by atoms with Crippen molar-refractivity contribution < 1.29 is 9.47 Å². The number of halogens is 1. The normalized spacial score (nSPS) is 28.0. The Morgan fingerprint density at radius 1 is 1.29 bits per heavy atom. The molecule has 0 amide bonds. The van der Waals surface area contributed by atoms with Gasteiger partial charge in [0.15, 0.2) is 0 Å². The van der Waals surface area contributed by atoms with Crippen molar-refractivity contribution in [2.24, 2.45) is 11.8 Å². The summed E-state index contributed by atoms with van der Waals surface area (Å²) in [4.78, 5) is 2.60. The highest BCUT2D eigenvalue weighted by Crippen LogP contribution is 2.46. The number of rotatable bonds is 5. The maximum atomic E-state index is 6.49. The van der Waals surface area contributed by atoms with E-state index in [-0.39, 0.29) is 11.5 Å². The van der Waals surface area contributed by atoms with E-state index in [4.69, 9.17) is 21.1 Å². The summed E-state index contributed by atoms with van der Waals surface area (Å²) >= 11 is 6.34. The molecular weight excluding hydrogens is 406 g/mol. The molecule has 2 aromatic carbocycles.